The first-order chi connectivity index (χ1) is 7.29. The normalized spacial score (nSPS) is 12.9. The van der Waals surface area contributed by atoms with Gasteiger partial charge in [0.25, 0.3) is 0 Å². The standard InChI is InChI=1S/C10H15N5/c1-11-9(10-12-3-4-13-10)5-8-6-14-15(2)7-8/h3-4,6-7,9,11H,5H2,1-2H3,(H,12,13). The number of nitrogens with zero attached hydrogens (tertiary/aromatic N) is 3. The lowest BCUT2D eigenvalue weighted by Crippen LogP contribution is -2.19. The van der Waals surface area contributed by atoms with Crippen molar-refractivity contribution in [2.45, 2.75) is 12.5 Å². The van der Waals surface area contributed by atoms with Gasteiger partial charge in [-0.05, 0) is 19.0 Å². The molecule has 2 aromatic heterocycles. The van der Waals surface area contributed by atoms with Gasteiger partial charge in [-0.3, -0.25) is 4.68 Å². The second-order valence-electron chi connectivity index (χ2n) is 3.54. The summed E-state index contributed by atoms with van der Waals surface area (Å²) in [6.07, 6.45) is 8.39. The lowest BCUT2D eigenvalue weighted by molar-refractivity contribution is 0.563. The predicted molar refractivity (Wildman–Crippen MR) is 57.3 cm³/mol. The molecule has 5 nitrogen and oxygen atoms in total. The van der Waals surface area contributed by atoms with E-state index in [4.69, 9.17) is 0 Å². The Labute approximate surface area is 88.5 Å². The summed E-state index contributed by atoms with van der Waals surface area (Å²) in [7, 11) is 3.86. The fraction of sp³-hybridized carbons (Fsp3) is 0.400. The molecule has 15 heavy (non-hydrogen) atoms. The quantitative estimate of drug-likeness (QED) is 0.770. The number of hydrogen-bond acceptors (Lipinski definition) is 3. The lowest BCUT2D eigenvalue weighted by Gasteiger charge is -2.11. The molecule has 0 aliphatic carbocycles. The van der Waals surface area contributed by atoms with Crippen LogP contribution in [0, 0.1) is 0 Å². The lowest BCUT2D eigenvalue weighted by atomic mass is 10.1. The minimum absolute atomic E-state index is 0.212. The summed E-state index contributed by atoms with van der Waals surface area (Å²) in [6.45, 7) is 0. The second kappa shape index (κ2) is 4.27. The first-order valence-electron chi connectivity index (χ1n) is 4.93. The summed E-state index contributed by atoms with van der Waals surface area (Å²) < 4.78 is 1.81. The van der Waals surface area contributed by atoms with Gasteiger partial charge in [0.2, 0.25) is 0 Å². The molecule has 2 heterocycles. The van der Waals surface area contributed by atoms with Crippen molar-refractivity contribution in [2.24, 2.45) is 7.05 Å². The smallest absolute Gasteiger partial charge is 0.123 e. The van der Waals surface area contributed by atoms with Gasteiger partial charge in [-0.2, -0.15) is 5.10 Å². The van der Waals surface area contributed by atoms with Crippen molar-refractivity contribution >= 4 is 0 Å². The van der Waals surface area contributed by atoms with Crippen LogP contribution in [-0.4, -0.2) is 26.8 Å². The van der Waals surface area contributed by atoms with Crippen molar-refractivity contribution in [3.8, 4) is 0 Å². The predicted octanol–water partition coefficient (Wildman–Crippen LogP) is 0.646. The average molecular weight is 205 g/mol. The van der Waals surface area contributed by atoms with E-state index in [1.807, 2.05) is 37.4 Å². The van der Waals surface area contributed by atoms with E-state index in [0.29, 0.717) is 0 Å². The van der Waals surface area contributed by atoms with Crippen LogP contribution in [0.2, 0.25) is 0 Å². The molecule has 5 heteroatoms. The van der Waals surface area contributed by atoms with Crippen LogP contribution in [0.3, 0.4) is 0 Å². The minimum Gasteiger partial charge on any atom is -0.347 e. The van der Waals surface area contributed by atoms with E-state index in [1.165, 1.54) is 5.56 Å². The molecule has 0 aliphatic rings. The molecule has 0 fully saturated rings. The van der Waals surface area contributed by atoms with Crippen LogP contribution in [0.4, 0.5) is 0 Å². The Bertz CT molecular complexity index is 403. The van der Waals surface area contributed by atoms with E-state index in [2.05, 4.69) is 20.4 Å². The van der Waals surface area contributed by atoms with Crippen molar-refractivity contribution in [1.82, 2.24) is 25.1 Å². The molecule has 2 aromatic rings. The van der Waals surface area contributed by atoms with Gasteiger partial charge in [0.05, 0.1) is 12.2 Å². The number of aryl methyl sites for hydroxylation is 1. The van der Waals surface area contributed by atoms with Gasteiger partial charge in [-0.25, -0.2) is 4.98 Å². The highest BCUT2D eigenvalue weighted by molar-refractivity contribution is 5.09. The van der Waals surface area contributed by atoms with Gasteiger partial charge < -0.3 is 10.3 Å². The van der Waals surface area contributed by atoms with Crippen molar-refractivity contribution in [3.63, 3.8) is 0 Å². The van der Waals surface area contributed by atoms with Gasteiger partial charge in [0.15, 0.2) is 0 Å². The van der Waals surface area contributed by atoms with Gasteiger partial charge in [-0.1, -0.05) is 0 Å². The third-order valence-electron chi connectivity index (χ3n) is 2.40. The van der Waals surface area contributed by atoms with Crippen molar-refractivity contribution in [1.29, 1.82) is 0 Å². The van der Waals surface area contributed by atoms with Gasteiger partial charge in [-0.15, -0.1) is 0 Å². The fourth-order valence-electron chi connectivity index (χ4n) is 1.62. The number of aromatic nitrogens is 4. The summed E-state index contributed by atoms with van der Waals surface area (Å²) >= 11 is 0. The topological polar surface area (TPSA) is 58.5 Å². The van der Waals surface area contributed by atoms with E-state index < -0.39 is 0 Å². The Balaban J connectivity index is 2.09. The van der Waals surface area contributed by atoms with Crippen molar-refractivity contribution in [3.05, 3.63) is 36.2 Å². The first-order valence-corrected chi connectivity index (χ1v) is 4.93. The molecule has 0 aromatic carbocycles. The van der Waals surface area contributed by atoms with E-state index >= 15 is 0 Å². The summed E-state index contributed by atoms with van der Waals surface area (Å²) in [4.78, 5) is 7.36. The fourth-order valence-corrected chi connectivity index (χ4v) is 1.62. The maximum atomic E-state index is 4.25. The molecule has 0 spiro atoms. The molecule has 2 N–H and O–H groups in total. The number of aromatic amines is 1. The Morgan fingerprint density at radius 2 is 2.47 bits per heavy atom. The van der Waals surface area contributed by atoms with E-state index in [0.717, 1.165) is 12.2 Å². The number of imidazole rings is 1. The summed E-state index contributed by atoms with van der Waals surface area (Å²) in [5, 5.41) is 7.37. The SMILES string of the molecule is CNC(Cc1cnn(C)c1)c1ncc[nH]1. The first kappa shape index (κ1) is 9.92. The summed E-state index contributed by atoms with van der Waals surface area (Å²) in [5.74, 6) is 0.960. The van der Waals surface area contributed by atoms with Crippen LogP contribution in [0.15, 0.2) is 24.8 Å². The highest BCUT2D eigenvalue weighted by atomic mass is 15.2. The number of hydrogen-bond donors (Lipinski definition) is 2. The minimum atomic E-state index is 0.212. The Hall–Kier alpha value is -1.62. The molecular weight excluding hydrogens is 190 g/mol. The largest absolute Gasteiger partial charge is 0.347 e. The Morgan fingerprint density at radius 1 is 1.60 bits per heavy atom. The van der Waals surface area contributed by atoms with Crippen LogP contribution in [-0.2, 0) is 13.5 Å². The van der Waals surface area contributed by atoms with Crippen LogP contribution in [0.1, 0.15) is 17.4 Å². The molecule has 0 amide bonds. The number of nitrogens with one attached hydrogen (secondary N) is 2. The van der Waals surface area contributed by atoms with E-state index in [9.17, 15) is 0 Å². The molecule has 2 rings (SSSR count). The van der Waals surface area contributed by atoms with Crippen LogP contribution >= 0.6 is 0 Å². The average Bonchev–Trinajstić information content (AvgIpc) is 2.85. The number of H-pyrrole nitrogens is 1. The van der Waals surface area contributed by atoms with Crippen LogP contribution in [0.25, 0.3) is 0 Å². The zero-order valence-electron chi connectivity index (χ0n) is 8.94. The molecule has 1 unspecified atom stereocenters. The Kier molecular flexibility index (Phi) is 2.82. The Morgan fingerprint density at radius 3 is 3.00 bits per heavy atom. The number of likely N-dealkylation sites (N-methyl/N-ethyl adjacent to an activating group) is 1. The van der Waals surface area contributed by atoms with Crippen molar-refractivity contribution in [2.75, 3.05) is 7.05 Å². The van der Waals surface area contributed by atoms with Crippen LogP contribution in [0.5, 0.6) is 0 Å². The molecule has 1 atom stereocenters. The van der Waals surface area contributed by atoms with Gasteiger partial charge in [0.1, 0.15) is 5.82 Å². The zero-order chi connectivity index (χ0) is 10.7. The maximum absolute atomic E-state index is 4.25. The maximum Gasteiger partial charge on any atom is 0.123 e. The zero-order valence-corrected chi connectivity index (χ0v) is 8.94. The molecule has 0 saturated carbocycles. The van der Waals surface area contributed by atoms with Gasteiger partial charge in [0, 0.05) is 25.6 Å². The second-order valence-corrected chi connectivity index (χ2v) is 3.54. The molecule has 80 valence electrons. The van der Waals surface area contributed by atoms with Crippen LogP contribution < -0.4 is 5.32 Å². The molecule has 0 bridgehead atoms. The number of rotatable bonds is 4. The van der Waals surface area contributed by atoms with Crippen molar-refractivity contribution < 1.29 is 0 Å². The molecule has 0 saturated heterocycles. The molecule has 0 radical (unpaired) electrons. The van der Waals surface area contributed by atoms with E-state index in [1.54, 1.807) is 6.20 Å². The van der Waals surface area contributed by atoms with Gasteiger partial charge >= 0.3 is 0 Å². The molecule has 0 aliphatic heterocycles. The third-order valence-corrected chi connectivity index (χ3v) is 2.40. The molecular formula is C10H15N5. The highest BCUT2D eigenvalue weighted by Crippen LogP contribution is 2.13. The summed E-state index contributed by atoms with van der Waals surface area (Å²) in [6, 6.07) is 0.212. The summed E-state index contributed by atoms with van der Waals surface area (Å²) in [5.41, 5.74) is 1.20. The highest BCUT2D eigenvalue weighted by Gasteiger charge is 2.12. The third kappa shape index (κ3) is 2.24. The monoisotopic (exact) mass is 205 g/mol. The van der Waals surface area contributed by atoms with E-state index in [-0.39, 0.29) is 6.04 Å².